The van der Waals surface area contributed by atoms with Crippen LogP contribution < -0.4 is 5.69 Å². The molecule has 2 fully saturated rings. The summed E-state index contributed by atoms with van der Waals surface area (Å²) in [5, 5.41) is 8.17. The zero-order valence-electron chi connectivity index (χ0n) is 22.4. The molecule has 0 unspecified atom stereocenters. The van der Waals surface area contributed by atoms with Crippen molar-refractivity contribution in [1.29, 1.82) is 0 Å². The van der Waals surface area contributed by atoms with Gasteiger partial charge in [-0.2, -0.15) is 13.2 Å². The van der Waals surface area contributed by atoms with E-state index in [0.29, 0.717) is 44.0 Å². The number of hydrogen-bond donors (Lipinski definition) is 0. The van der Waals surface area contributed by atoms with Gasteiger partial charge in [-0.05, 0) is 48.7 Å². The molecule has 2 saturated heterocycles. The fourth-order valence-electron chi connectivity index (χ4n) is 5.83. The monoisotopic (exact) mass is 556 g/mol. The van der Waals surface area contributed by atoms with Gasteiger partial charge in [0.1, 0.15) is 12.2 Å². The molecular weight excluding hydrogens is 525 g/mol. The van der Waals surface area contributed by atoms with Gasteiger partial charge in [0.15, 0.2) is 0 Å². The predicted molar refractivity (Wildman–Crippen MR) is 141 cm³/mol. The van der Waals surface area contributed by atoms with E-state index in [9.17, 15) is 18.0 Å². The van der Waals surface area contributed by atoms with Crippen LogP contribution >= 0.6 is 0 Å². The molecule has 0 amide bonds. The lowest BCUT2D eigenvalue weighted by Gasteiger charge is -2.41. The Morgan fingerprint density at radius 1 is 1.20 bits per heavy atom. The average molecular weight is 557 g/mol. The van der Waals surface area contributed by atoms with Gasteiger partial charge in [0.05, 0.1) is 36.1 Å². The van der Waals surface area contributed by atoms with E-state index in [2.05, 4.69) is 15.1 Å². The summed E-state index contributed by atoms with van der Waals surface area (Å²) < 4.78 is 58.0. The molecule has 5 heterocycles. The smallest absolute Gasteiger partial charge is 0.380 e. The van der Waals surface area contributed by atoms with Gasteiger partial charge in [-0.3, -0.25) is 13.9 Å². The minimum Gasteiger partial charge on any atom is -0.380 e. The van der Waals surface area contributed by atoms with Crippen LogP contribution in [0.15, 0.2) is 53.8 Å². The molecule has 12 heteroatoms. The number of likely N-dealkylation sites (tertiary alicyclic amines) is 1. The highest BCUT2D eigenvalue weighted by atomic mass is 19.4. The summed E-state index contributed by atoms with van der Waals surface area (Å²) in [6.45, 7) is 2.65. The van der Waals surface area contributed by atoms with Crippen molar-refractivity contribution in [2.75, 3.05) is 33.4 Å². The lowest BCUT2D eigenvalue weighted by atomic mass is 9.75. The summed E-state index contributed by atoms with van der Waals surface area (Å²) in [6.07, 6.45) is 2.29. The van der Waals surface area contributed by atoms with Gasteiger partial charge in [-0.15, -0.1) is 10.2 Å². The van der Waals surface area contributed by atoms with Crippen molar-refractivity contribution in [1.82, 2.24) is 28.6 Å². The van der Waals surface area contributed by atoms with Crippen LogP contribution in [0.3, 0.4) is 0 Å². The van der Waals surface area contributed by atoms with Crippen LogP contribution in [0.5, 0.6) is 0 Å². The van der Waals surface area contributed by atoms with Crippen LogP contribution in [0.1, 0.15) is 35.4 Å². The molecule has 0 spiro atoms. The number of rotatable bonds is 7. The molecule has 0 saturated carbocycles. The van der Waals surface area contributed by atoms with E-state index in [1.807, 2.05) is 29.8 Å². The lowest BCUT2D eigenvalue weighted by Crippen LogP contribution is -2.49. The first kappa shape index (κ1) is 26.7. The second kappa shape index (κ2) is 10.2. The summed E-state index contributed by atoms with van der Waals surface area (Å²) in [5.74, 6) is 0.799. The maximum absolute atomic E-state index is 14.2. The summed E-state index contributed by atoms with van der Waals surface area (Å²) in [4.78, 5) is 15.6. The van der Waals surface area contributed by atoms with Gasteiger partial charge in [-0.25, -0.2) is 4.79 Å². The Hall–Kier alpha value is -3.48. The number of alkyl halides is 3. The molecule has 2 aliphatic heterocycles. The van der Waals surface area contributed by atoms with E-state index in [-0.39, 0.29) is 17.0 Å². The standard InChI is InChI=1S/C28H31F3N6O3/c1-34-18-32-33-25(34)11-27(16-40-17-27)20-5-3-6-21(10-20)36-15-24-23(28(29,30)31)9-19(13-37(24)26(36)38)12-35-8-4-7-22(14-35)39-2/h3,5-6,9-10,13,15,18,22H,4,7-8,11-12,14,16-17H2,1-2H3/t22-/m1/s1. The largest absolute Gasteiger partial charge is 0.418 e. The molecule has 1 atom stereocenters. The van der Waals surface area contributed by atoms with Gasteiger partial charge in [-0.1, -0.05) is 12.1 Å². The van der Waals surface area contributed by atoms with Crippen molar-refractivity contribution >= 4 is 5.52 Å². The molecule has 0 N–H and O–H groups in total. The summed E-state index contributed by atoms with van der Waals surface area (Å²) in [7, 11) is 3.52. The zero-order chi connectivity index (χ0) is 28.1. The Labute approximate surface area is 228 Å². The summed E-state index contributed by atoms with van der Waals surface area (Å²) in [5.41, 5.74) is -0.0814. The number of piperidine rings is 1. The molecule has 0 radical (unpaired) electrons. The SMILES string of the molecule is CO[C@@H]1CCCN(Cc2cc(C(F)(F)F)c3cn(-c4cccc(C5(Cc6nncn6C)COC5)c4)c(=O)n3c2)C1. The Morgan fingerprint density at radius 3 is 2.70 bits per heavy atom. The number of aryl methyl sites for hydroxylation is 1. The highest BCUT2D eigenvalue weighted by Crippen LogP contribution is 2.37. The number of methoxy groups -OCH3 is 1. The number of ether oxygens (including phenoxy) is 2. The average Bonchev–Trinajstić information content (AvgIpc) is 3.47. The Balaban J connectivity index is 1.38. The quantitative estimate of drug-likeness (QED) is 0.348. The second-order valence-corrected chi connectivity index (χ2v) is 10.9. The van der Waals surface area contributed by atoms with Crippen LogP contribution in [-0.2, 0) is 41.1 Å². The number of imidazole rings is 1. The first-order chi connectivity index (χ1) is 19.2. The van der Waals surface area contributed by atoms with Crippen LogP contribution in [0.25, 0.3) is 11.2 Å². The van der Waals surface area contributed by atoms with E-state index in [1.165, 1.54) is 17.0 Å². The maximum Gasteiger partial charge on any atom is 0.418 e. The third kappa shape index (κ3) is 4.84. The van der Waals surface area contributed by atoms with E-state index in [4.69, 9.17) is 9.47 Å². The predicted octanol–water partition coefficient (Wildman–Crippen LogP) is 3.36. The number of pyridine rings is 1. The minimum absolute atomic E-state index is 0.0497. The van der Waals surface area contributed by atoms with Crippen molar-refractivity contribution in [3.63, 3.8) is 0 Å². The molecule has 40 heavy (non-hydrogen) atoms. The van der Waals surface area contributed by atoms with Crippen LogP contribution in [-0.4, -0.2) is 68.1 Å². The molecule has 6 rings (SSSR count). The number of nitrogens with zero attached hydrogens (tertiary/aromatic N) is 6. The van der Waals surface area contributed by atoms with Gasteiger partial charge < -0.3 is 14.0 Å². The Bertz CT molecular complexity index is 1590. The van der Waals surface area contributed by atoms with Crippen LogP contribution in [0, 0.1) is 0 Å². The normalized spacial score (nSPS) is 19.7. The van der Waals surface area contributed by atoms with E-state index >= 15 is 0 Å². The van der Waals surface area contributed by atoms with Gasteiger partial charge in [0.2, 0.25) is 0 Å². The fraction of sp³-hybridized carbons (Fsp3) is 0.464. The highest BCUT2D eigenvalue weighted by Gasteiger charge is 2.42. The van der Waals surface area contributed by atoms with Crippen molar-refractivity contribution in [3.05, 3.63) is 82.1 Å². The summed E-state index contributed by atoms with van der Waals surface area (Å²) in [6, 6.07) is 8.51. The highest BCUT2D eigenvalue weighted by molar-refractivity contribution is 5.58. The van der Waals surface area contributed by atoms with E-state index in [0.717, 1.165) is 41.2 Å². The van der Waals surface area contributed by atoms with Crippen molar-refractivity contribution < 1.29 is 22.6 Å². The number of benzene rings is 1. The first-order valence-corrected chi connectivity index (χ1v) is 13.3. The van der Waals surface area contributed by atoms with E-state index < -0.39 is 17.4 Å². The molecule has 2 aliphatic rings. The lowest BCUT2D eigenvalue weighted by molar-refractivity contribution is -0.136. The topological polar surface area (TPSA) is 78.8 Å². The molecule has 0 aliphatic carbocycles. The molecule has 3 aromatic heterocycles. The molecule has 4 aromatic rings. The van der Waals surface area contributed by atoms with Crippen LogP contribution in [0.2, 0.25) is 0 Å². The number of aromatic nitrogens is 5. The summed E-state index contributed by atoms with van der Waals surface area (Å²) >= 11 is 0. The van der Waals surface area contributed by atoms with E-state index in [1.54, 1.807) is 19.5 Å². The third-order valence-corrected chi connectivity index (χ3v) is 8.13. The minimum atomic E-state index is -4.62. The number of fused-ring (bicyclic) bond motifs is 1. The van der Waals surface area contributed by atoms with Crippen molar-refractivity contribution in [3.8, 4) is 5.69 Å². The number of hydrogen-bond acceptors (Lipinski definition) is 6. The maximum atomic E-state index is 14.2. The molecular formula is C28H31F3N6O3. The van der Waals surface area contributed by atoms with Crippen LogP contribution in [0.4, 0.5) is 13.2 Å². The third-order valence-electron chi connectivity index (χ3n) is 8.13. The van der Waals surface area contributed by atoms with Crippen molar-refractivity contribution in [2.45, 2.75) is 43.5 Å². The number of halogens is 3. The molecule has 1 aromatic carbocycles. The molecule has 9 nitrogen and oxygen atoms in total. The molecule has 212 valence electrons. The van der Waals surface area contributed by atoms with Gasteiger partial charge >= 0.3 is 11.9 Å². The second-order valence-electron chi connectivity index (χ2n) is 10.9. The Morgan fingerprint density at radius 2 is 2.02 bits per heavy atom. The fourth-order valence-corrected chi connectivity index (χ4v) is 5.83. The van der Waals surface area contributed by atoms with Gasteiger partial charge in [0, 0.05) is 51.5 Å². The zero-order valence-corrected chi connectivity index (χ0v) is 22.4. The first-order valence-electron chi connectivity index (χ1n) is 13.3. The Kier molecular flexibility index (Phi) is 6.79. The molecule has 0 bridgehead atoms. The van der Waals surface area contributed by atoms with Gasteiger partial charge in [0.25, 0.3) is 0 Å². The van der Waals surface area contributed by atoms with Crippen molar-refractivity contribution in [2.24, 2.45) is 7.05 Å².